The normalized spacial score (nSPS) is 10.8. The van der Waals surface area contributed by atoms with E-state index in [4.69, 9.17) is 0 Å². The Bertz CT molecular complexity index is 1140. The summed E-state index contributed by atoms with van der Waals surface area (Å²) < 4.78 is 0. The SMILES string of the molecule is CN(C)c1ccc(/C=C/C(=O)c2ccc(N(c3ccccc3)c3ccccc3)cc2)cc1. The molecule has 0 spiro atoms. The molecule has 0 aliphatic heterocycles. The van der Waals surface area contributed by atoms with Gasteiger partial charge in [-0.1, -0.05) is 54.6 Å². The summed E-state index contributed by atoms with van der Waals surface area (Å²) in [7, 11) is 4.02. The minimum absolute atomic E-state index is 0.0146. The number of nitrogens with zero attached hydrogens (tertiary/aromatic N) is 2. The highest BCUT2D eigenvalue weighted by molar-refractivity contribution is 6.07. The first-order valence-corrected chi connectivity index (χ1v) is 10.6. The lowest BCUT2D eigenvalue weighted by atomic mass is 10.1. The fourth-order valence-electron chi connectivity index (χ4n) is 3.53. The summed E-state index contributed by atoms with van der Waals surface area (Å²) in [5, 5.41) is 0. The number of benzene rings is 4. The molecule has 32 heavy (non-hydrogen) atoms. The van der Waals surface area contributed by atoms with E-state index in [1.165, 1.54) is 0 Å². The van der Waals surface area contributed by atoms with Crippen LogP contribution in [0.5, 0.6) is 0 Å². The Hall–Kier alpha value is -4.11. The number of para-hydroxylation sites is 2. The molecule has 0 N–H and O–H groups in total. The highest BCUT2D eigenvalue weighted by atomic mass is 16.1. The molecule has 3 heteroatoms. The lowest BCUT2D eigenvalue weighted by molar-refractivity contribution is 0.104. The van der Waals surface area contributed by atoms with E-state index in [0.717, 1.165) is 28.3 Å². The van der Waals surface area contributed by atoms with Gasteiger partial charge in [0.25, 0.3) is 0 Å². The highest BCUT2D eigenvalue weighted by Crippen LogP contribution is 2.34. The van der Waals surface area contributed by atoms with Gasteiger partial charge in [-0.3, -0.25) is 4.79 Å². The van der Waals surface area contributed by atoms with Crippen LogP contribution in [0, 0.1) is 0 Å². The quantitative estimate of drug-likeness (QED) is 0.236. The van der Waals surface area contributed by atoms with Crippen LogP contribution in [-0.2, 0) is 0 Å². The summed E-state index contributed by atoms with van der Waals surface area (Å²) in [5.41, 5.74) is 5.93. The van der Waals surface area contributed by atoms with Crippen LogP contribution in [0.1, 0.15) is 15.9 Å². The fourth-order valence-corrected chi connectivity index (χ4v) is 3.53. The Kier molecular flexibility index (Phi) is 6.47. The first-order chi connectivity index (χ1) is 15.6. The maximum atomic E-state index is 12.7. The molecule has 4 aromatic carbocycles. The van der Waals surface area contributed by atoms with Gasteiger partial charge in [0.2, 0.25) is 0 Å². The molecular weight excluding hydrogens is 392 g/mol. The topological polar surface area (TPSA) is 23.6 Å². The molecule has 0 saturated carbocycles. The molecule has 0 unspecified atom stereocenters. The molecule has 0 bridgehead atoms. The van der Waals surface area contributed by atoms with Crippen LogP contribution >= 0.6 is 0 Å². The molecular formula is C29H26N2O. The Morgan fingerprint density at radius 1 is 0.594 bits per heavy atom. The van der Waals surface area contributed by atoms with Gasteiger partial charge in [0.05, 0.1) is 0 Å². The van der Waals surface area contributed by atoms with E-state index < -0.39 is 0 Å². The minimum atomic E-state index is -0.0146. The van der Waals surface area contributed by atoms with Crippen molar-refractivity contribution in [1.29, 1.82) is 0 Å². The number of carbonyl (C=O) groups excluding carboxylic acids is 1. The standard InChI is InChI=1S/C29H26N2O/c1-30(2)25-18-13-23(14-19-25)15-22-29(32)24-16-20-28(21-17-24)31(26-9-5-3-6-10-26)27-11-7-4-8-12-27/h3-22H,1-2H3/b22-15+. The molecule has 0 heterocycles. The van der Waals surface area contributed by atoms with Crippen LogP contribution in [0.25, 0.3) is 6.08 Å². The molecule has 0 atom stereocenters. The fraction of sp³-hybridized carbons (Fsp3) is 0.0690. The van der Waals surface area contributed by atoms with E-state index in [2.05, 4.69) is 29.2 Å². The number of allylic oxidation sites excluding steroid dienone is 1. The van der Waals surface area contributed by atoms with Crippen LogP contribution in [0.15, 0.2) is 115 Å². The lowest BCUT2D eigenvalue weighted by Crippen LogP contribution is -2.09. The van der Waals surface area contributed by atoms with Crippen LogP contribution in [0.3, 0.4) is 0 Å². The second kappa shape index (κ2) is 9.80. The number of anilines is 4. The van der Waals surface area contributed by atoms with Crippen LogP contribution in [-0.4, -0.2) is 19.9 Å². The molecule has 0 saturated heterocycles. The molecule has 0 amide bonds. The van der Waals surface area contributed by atoms with Gasteiger partial charge in [0, 0.05) is 42.4 Å². The average molecular weight is 419 g/mol. The maximum Gasteiger partial charge on any atom is 0.185 e. The van der Waals surface area contributed by atoms with Gasteiger partial charge in [-0.15, -0.1) is 0 Å². The molecule has 4 aromatic rings. The number of carbonyl (C=O) groups is 1. The summed E-state index contributed by atoms with van der Waals surface area (Å²) in [4.78, 5) is 16.9. The Morgan fingerprint density at radius 3 is 1.56 bits per heavy atom. The van der Waals surface area contributed by atoms with Gasteiger partial charge in [0.1, 0.15) is 0 Å². The zero-order valence-electron chi connectivity index (χ0n) is 18.3. The van der Waals surface area contributed by atoms with Crippen LogP contribution in [0.2, 0.25) is 0 Å². The van der Waals surface area contributed by atoms with Gasteiger partial charge in [-0.25, -0.2) is 0 Å². The van der Waals surface area contributed by atoms with Gasteiger partial charge >= 0.3 is 0 Å². The minimum Gasteiger partial charge on any atom is -0.378 e. The van der Waals surface area contributed by atoms with E-state index in [1.54, 1.807) is 6.08 Å². The van der Waals surface area contributed by atoms with E-state index in [-0.39, 0.29) is 5.78 Å². The zero-order valence-corrected chi connectivity index (χ0v) is 18.3. The Balaban J connectivity index is 1.55. The first-order valence-electron chi connectivity index (χ1n) is 10.6. The summed E-state index contributed by atoms with van der Waals surface area (Å²) in [5.74, 6) is -0.0146. The molecule has 0 radical (unpaired) electrons. The predicted molar refractivity (Wildman–Crippen MR) is 135 cm³/mol. The zero-order chi connectivity index (χ0) is 22.3. The summed E-state index contributed by atoms with van der Waals surface area (Å²) >= 11 is 0. The maximum absolute atomic E-state index is 12.7. The number of hydrogen-bond donors (Lipinski definition) is 0. The van der Waals surface area contributed by atoms with E-state index in [9.17, 15) is 4.79 Å². The van der Waals surface area contributed by atoms with Crippen molar-refractivity contribution in [2.75, 3.05) is 23.9 Å². The predicted octanol–water partition coefficient (Wildman–Crippen LogP) is 7.12. The van der Waals surface area contributed by atoms with Crippen molar-refractivity contribution >= 4 is 34.6 Å². The van der Waals surface area contributed by atoms with Gasteiger partial charge in [-0.05, 0) is 72.3 Å². The molecule has 0 aromatic heterocycles. The van der Waals surface area contributed by atoms with Crippen molar-refractivity contribution in [3.8, 4) is 0 Å². The number of ketones is 1. The van der Waals surface area contributed by atoms with Crippen LogP contribution in [0.4, 0.5) is 22.7 Å². The van der Waals surface area contributed by atoms with Gasteiger partial charge in [0.15, 0.2) is 5.78 Å². The Morgan fingerprint density at radius 2 is 1.06 bits per heavy atom. The summed E-state index contributed by atoms with van der Waals surface area (Å²) in [6, 6.07) is 36.3. The van der Waals surface area contributed by atoms with Crippen molar-refractivity contribution in [2.24, 2.45) is 0 Å². The summed E-state index contributed by atoms with van der Waals surface area (Å²) in [6.07, 6.45) is 3.49. The number of rotatable bonds is 7. The molecule has 4 rings (SSSR count). The smallest absolute Gasteiger partial charge is 0.185 e. The summed E-state index contributed by atoms with van der Waals surface area (Å²) in [6.45, 7) is 0. The molecule has 3 nitrogen and oxygen atoms in total. The van der Waals surface area contributed by atoms with Gasteiger partial charge < -0.3 is 9.80 Å². The first kappa shape index (κ1) is 21.1. The lowest BCUT2D eigenvalue weighted by Gasteiger charge is -2.25. The molecule has 158 valence electrons. The number of hydrogen-bond acceptors (Lipinski definition) is 3. The van der Waals surface area contributed by atoms with Crippen LogP contribution < -0.4 is 9.80 Å². The van der Waals surface area contributed by atoms with E-state index >= 15 is 0 Å². The largest absolute Gasteiger partial charge is 0.378 e. The van der Waals surface area contributed by atoms with Crippen molar-refractivity contribution in [3.63, 3.8) is 0 Å². The monoisotopic (exact) mass is 418 g/mol. The van der Waals surface area contributed by atoms with Crippen molar-refractivity contribution < 1.29 is 4.79 Å². The third kappa shape index (κ3) is 4.96. The van der Waals surface area contributed by atoms with E-state index in [1.807, 2.05) is 110 Å². The second-order valence-electron chi connectivity index (χ2n) is 7.74. The molecule has 0 aliphatic rings. The third-order valence-corrected chi connectivity index (χ3v) is 5.28. The van der Waals surface area contributed by atoms with Crippen molar-refractivity contribution in [3.05, 3.63) is 126 Å². The van der Waals surface area contributed by atoms with Crippen molar-refractivity contribution in [1.82, 2.24) is 0 Å². The molecule has 0 aliphatic carbocycles. The molecule has 0 fully saturated rings. The second-order valence-corrected chi connectivity index (χ2v) is 7.74. The Labute approximate surface area is 189 Å². The van der Waals surface area contributed by atoms with Crippen molar-refractivity contribution in [2.45, 2.75) is 0 Å². The van der Waals surface area contributed by atoms with E-state index in [0.29, 0.717) is 5.56 Å². The highest BCUT2D eigenvalue weighted by Gasteiger charge is 2.12. The third-order valence-electron chi connectivity index (χ3n) is 5.28. The van der Waals surface area contributed by atoms with Gasteiger partial charge in [-0.2, -0.15) is 0 Å². The average Bonchev–Trinajstić information content (AvgIpc) is 2.85.